The Morgan fingerprint density at radius 2 is 1.95 bits per heavy atom. The summed E-state index contributed by atoms with van der Waals surface area (Å²) in [5.41, 5.74) is -0.0395. The molecule has 106 valence electrons. The van der Waals surface area contributed by atoms with Crippen molar-refractivity contribution in [2.24, 2.45) is 0 Å². The molecule has 0 radical (unpaired) electrons. The number of rotatable bonds is 3. The fraction of sp³-hybridized carbons (Fsp3) is 0.0769. The van der Waals surface area contributed by atoms with Crippen LogP contribution in [0.3, 0.4) is 0 Å². The Kier molecular flexibility index (Phi) is 3.27. The molecule has 0 saturated heterocycles. The van der Waals surface area contributed by atoms with Gasteiger partial charge in [-0.1, -0.05) is 6.07 Å². The van der Waals surface area contributed by atoms with E-state index in [1.165, 1.54) is 16.8 Å². The molecule has 0 aliphatic carbocycles. The molecule has 2 heterocycles. The molecule has 0 aliphatic rings. The Morgan fingerprint density at radius 1 is 1.10 bits per heavy atom. The summed E-state index contributed by atoms with van der Waals surface area (Å²) in [5.74, 6) is -1.50. The molecule has 0 saturated carbocycles. The van der Waals surface area contributed by atoms with Gasteiger partial charge in [0.25, 0.3) is 5.95 Å². The first kappa shape index (κ1) is 13.1. The molecule has 0 spiro atoms. The molecule has 0 amide bonds. The van der Waals surface area contributed by atoms with Gasteiger partial charge in [-0.15, -0.1) is 0 Å². The van der Waals surface area contributed by atoms with Crippen LogP contribution >= 0.6 is 0 Å². The lowest BCUT2D eigenvalue weighted by Crippen LogP contribution is -2.08. The van der Waals surface area contributed by atoms with E-state index in [9.17, 15) is 8.78 Å². The van der Waals surface area contributed by atoms with Crippen LogP contribution in [0.4, 0.5) is 14.7 Å². The minimum atomic E-state index is -1.00. The molecule has 0 atom stereocenters. The molecule has 0 aliphatic heterocycles. The predicted molar refractivity (Wildman–Crippen MR) is 71.8 cm³/mol. The Bertz CT molecular complexity index is 772. The molecule has 0 bridgehead atoms. The minimum absolute atomic E-state index is 0.0249. The third-order valence-corrected chi connectivity index (χ3v) is 2.75. The summed E-state index contributed by atoms with van der Waals surface area (Å²) >= 11 is 0. The van der Waals surface area contributed by atoms with Crippen molar-refractivity contribution in [1.29, 1.82) is 0 Å². The van der Waals surface area contributed by atoms with Gasteiger partial charge in [0.15, 0.2) is 17.5 Å². The highest BCUT2D eigenvalue weighted by Gasteiger charge is 2.15. The van der Waals surface area contributed by atoms with Gasteiger partial charge >= 0.3 is 0 Å². The van der Waals surface area contributed by atoms with Crippen molar-refractivity contribution in [2.45, 2.75) is 0 Å². The Morgan fingerprint density at radius 3 is 2.67 bits per heavy atom. The minimum Gasteiger partial charge on any atom is -0.357 e. The highest BCUT2D eigenvalue weighted by atomic mass is 19.2. The van der Waals surface area contributed by atoms with Gasteiger partial charge < -0.3 is 5.32 Å². The van der Waals surface area contributed by atoms with Crippen LogP contribution in [0.1, 0.15) is 0 Å². The Balaban J connectivity index is 2.18. The molecule has 3 aromatic rings. The van der Waals surface area contributed by atoms with Crippen LogP contribution in [0.5, 0.6) is 0 Å². The highest BCUT2D eigenvalue weighted by molar-refractivity contribution is 5.57. The van der Waals surface area contributed by atoms with Crippen molar-refractivity contribution >= 4 is 5.95 Å². The van der Waals surface area contributed by atoms with E-state index in [0.29, 0.717) is 0 Å². The lowest BCUT2D eigenvalue weighted by Gasteiger charge is -2.07. The van der Waals surface area contributed by atoms with Gasteiger partial charge in [-0.05, 0) is 18.2 Å². The molecule has 1 N–H and O–H groups in total. The zero-order valence-electron chi connectivity index (χ0n) is 11.0. The van der Waals surface area contributed by atoms with Crippen LogP contribution < -0.4 is 5.32 Å². The number of anilines is 1. The van der Waals surface area contributed by atoms with E-state index >= 15 is 0 Å². The van der Waals surface area contributed by atoms with Crippen molar-refractivity contribution in [2.75, 3.05) is 12.4 Å². The molecule has 0 fully saturated rings. The second-order valence-corrected chi connectivity index (χ2v) is 4.08. The molecule has 3 rings (SSSR count). The first-order valence-corrected chi connectivity index (χ1v) is 6.07. The van der Waals surface area contributed by atoms with Gasteiger partial charge in [0.2, 0.25) is 5.95 Å². The summed E-state index contributed by atoms with van der Waals surface area (Å²) < 4.78 is 28.6. The van der Waals surface area contributed by atoms with Crippen molar-refractivity contribution < 1.29 is 8.78 Å². The van der Waals surface area contributed by atoms with Gasteiger partial charge in [0.05, 0.1) is 5.56 Å². The number of halogens is 2. The number of nitrogens with zero attached hydrogens (tertiary/aromatic N) is 5. The number of hydrogen-bond donors (Lipinski definition) is 1. The molecular formula is C13H10F2N6. The van der Waals surface area contributed by atoms with E-state index in [0.717, 1.165) is 6.07 Å². The Labute approximate surface area is 118 Å². The molecule has 8 heteroatoms. The van der Waals surface area contributed by atoms with Crippen molar-refractivity contribution in [3.8, 4) is 17.3 Å². The van der Waals surface area contributed by atoms with Gasteiger partial charge in [-0.25, -0.2) is 13.5 Å². The van der Waals surface area contributed by atoms with Gasteiger partial charge in [-0.3, -0.25) is 0 Å². The Hall–Kier alpha value is -2.90. The third-order valence-electron chi connectivity index (χ3n) is 2.75. The van der Waals surface area contributed by atoms with Crippen molar-refractivity contribution in [3.63, 3.8) is 0 Å². The van der Waals surface area contributed by atoms with Crippen LogP contribution in [0.25, 0.3) is 17.3 Å². The maximum absolute atomic E-state index is 13.9. The predicted octanol–water partition coefficient (Wildman–Crippen LogP) is 2.04. The van der Waals surface area contributed by atoms with E-state index in [4.69, 9.17) is 0 Å². The van der Waals surface area contributed by atoms with E-state index < -0.39 is 11.6 Å². The summed E-state index contributed by atoms with van der Waals surface area (Å²) in [5, 5.41) is 6.76. The van der Waals surface area contributed by atoms with Gasteiger partial charge in [0, 0.05) is 19.4 Å². The number of benzene rings is 1. The summed E-state index contributed by atoms with van der Waals surface area (Å²) in [6, 6.07) is 5.53. The van der Waals surface area contributed by atoms with E-state index in [1.54, 1.807) is 25.5 Å². The average molecular weight is 288 g/mol. The third kappa shape index (κ3) is 2.42. The summed E-state index contributed by atoms with van der Waals surface area (Å²) in [6.45, 7) is 0. The average Bonchev–Trinajstić information content (AvgIpc) is 3.04. The molecule has 6 nitrogen and oxygen atoms in total. The summed E-state index contributed by atoms with van der Waals surface area (Å²) in [7, 11) is 1.62. The molecule has 0 unspecified atom stereocenters. The largest absolute Gasteiger partial charge is 0.357 e. The maximum Gasteiger partial charge on any atom is 0.255 e. The normalized spacial score (nSPS) is 10.6. The topological polar surface area (TPSA) is 68.5 Å². The van der Waals surface area contributed by atoms with E-state index in [2.05, 4.69) is 25.4 Å². The lowest BCUT2D eigenvalue weighted by molar-refractivity contribution is 0.510. The number of nitrogens with one attached hydrogen (secondary N) is 1. The van der Waals surface area contributed by atoms with E-state index in [1.807, 2.05) is 0 Å². The second kappa shape index (κ2) is 5.23. The number of aromatic nitrogens is 5. The monoisotopic (exact) mass is 288 g/mol. The first-order valence-electron chi connectivity index (χ1n) is 6.07. The lowest BCUT2D eigenvalue weighted by atomic mass is 10.2. The van der Waals surface area contributed by atoms with Crippen molar-refractivity contribution in [3.05, 3.63) is 48.3 Å². The standard InChI is InChI=1S/C13H10F2N6/c1-16-12-18-11(8-4-2-5-9(14)10(8)15)19-13(20-12)21-7-3-6-17-21/h2-7H,1H3,(H,16,18,19,20). The summed E-state index contributed by atoms with van der Waals surface area (Å²) in [4.78, 5) is 12.3. The zero-order valence-corrected chi connectivity index (χ0v) is 11.0. The SMILES string of the molecule is CNc1nc(-c2cccc(F)c2F)nc(-n2cccn2)n1. The molecular weight excluding hydrogens is 278 g/mol. The summed E-state index contributed by atoms with van der Waals surface area (Å²) in [6.07, 6.45) is 3.20. The second-order valence-electron chi connectivity index (χ2n) is 4.08. The zero-order chi connectivity index (χ0) is 14.8. The van der Waals surface area contributed by atoms with Crippen molar-refractivity contribution in [1.82, 2.24) is 24.7 Å². The number of hydrogen-bond acceptors (Lipinski definition) is 5. The van der Waals surface area contributed by atoms with Crippen LogP contribution in [-0.2, 0) is 0 Å². The van der Waals surface area contributed by atoms with Gasteiger partial charge in [-0.2, -0.15) is 20.1 Å². The molecule has 21 heavy (non-hydrogen) atoms. The fourth-order valence-corrected chi connectivity index (χ4v) is 1.76. The van der Waals surface area contributed by atoms with Crippen LogP contribution in [0.15, 0.2) is 36.7 Å². The quantitative estimate of drug-likeness (QED) is 0.798. The first-order chi connectivity index (χ1) is 10.2. The van der Waals surface area contributed by atoms with Crippen LogP contribution in [-0.4, -0.2) is 31.8 Å². The maximum atomic E-state index is 13.9. The van der Waals surface area contributed by atoms with Crippen LogP contribution in [0.2, 0.25) is 0 Å². The fourth-order valence-electron chi connectivity index (χ4n) is 1.76. The smallest absolute Gasteiger partial charge is 0.255 e. The molecule has 2 aromatic heterocycles. The van der Waals surface area contributed by atoms with Gasteiger partial charge in [0.1, 0.15) is 0 Å². The highest BCUT2D eigenvalue weighted by Crippen LogP contribution is 2.22. The molecule has 1 aromatic carbocycles. The van der Waals surface area contributed by atoms with E-state index in [-0.39, 0.29) is 23.3 Å². The van der Waals surface area contributed by atoms with Crippen LogP contribution in [0, 0.1) is 11.6 Å².